The first-order valence-electron chi connectivity index (χ1n) is 4.06. The maximum absolute atomic E-state index is 10.9. The van der Waals surface area contributed by atoms with Crippen molar-refractivity contribution in [2.75, 3.05) is 0 Å². The molecule has 0 radical (unpaired) electrons. The predicted octanol–water partition coefficient (Wildman–Crippen LogP) is 1.04. The summed E-state index contributed by atoms with van der Waals surface area (Å²) >= 11 is 0. The number of hydrogen-bond acceptors (Lipinski definition) is 3. The van der Waals surface area contributed by atoms with Crippen LogP contribution in [0.15, 0.2) is 30.5 Å². The highest BCUT2D eigenvalue weighted by Crippen LogP contribution is 2.26. The Kier molecular flexibility index (Phi) is 1.81. The highest BCUT2D eigenvalue weighted by Gasteiger charge is 2.10. The molecule has 14 heavy (non-hydrogen) atoms. The van der Waals surface area contributed by atoms with E-state index in [1.807, 2.05) is 0 Å². The Morgan fingerprint density at radius 3 is 2.86 bits per heavy atom. The van der Waals surface area contributed by atoms with Gasteiger partial charge in [0.05, 0.1) is 11.1 Å². The second-order valence-electron chi connectivity index (χ2n) is 2.90. The summed E-state index contributed by atoms with van der Waals surface area (Å²) in [5.41, 5.74) is 5.84. The van der Waals surface area contributed by atoms with Crippen molar-refractivity contribution in [2.45, 2.75) is 0 Å². The maximum atomic E-state index is 10.9. The normalized spacial score (nSPS) is 10.3. The Bertz CT molecular complexity index is 508. The molecule has 4 nitrogen and oxygen atoms in total. The number of carbonyl (C=O) groups excluding carboxylic acids is 1. The van der Waals surface area contributed by atoms with Gasteiger partial charge < -0.3 is 10.8 Å². The predicted molar refractivity (Wildman–Crippen MR) is 51.9 cm³/mol. The van der Waals surface area contributed by atoms with Gasteiger partial charge in [-0.25, -0.2) is 0 Å². The molecule has 0 aliphatic heterocycles. The third-order valence-electron chi connectivity index (χ3n) is 2.02. The number of pyridine rings is 1. The molecule has 0 saturated carbocycles. The fraction of sp³-hybridized carbons (Fsp3) is 0. The monoisotopic (exact) mass is 188 g/mol. The molecule has 0 aliphatic rings. The maximum Gasteiger partial charge on any atom is 0.252 e. The van der Waals surface area contributed by atoms with Crippen molar-refractivity contribution in [1.29, 1.82) is 0 Å². The summed E-state index contributed by atoms with van der Waals surface area (Å²) in [6.07, 6.45) is 1.62. The smallest absolute Gasteiger partial charge is 0.252 e. The minimum Gasteiger partial charge on any atom is -0.506 e. The molecule has 1 heterocycles. The molecule has 0 aliphatic carbocycles. The summed E-state index contributed by atoms with van der Waals surface area (Å²) in [5.74, 6) is -0.753. The summed E-state index contributed by atoms with van der Waals surface area (Å²) in [6.45, 7) is 0. The number of aromatic nitrogens is 1. The van der Waals surface area contributed by atoms with Gasteiger partial charge in [0.15, 0.2) is 0 Å². The third kappa shape index (κ3) is 1.17. The number of phenols is 1. The lowest BCUT2D eigenvalue weighted by Gasteiger charge is -2.03. The highest BCUT2D eigenvalue weighted by molar-refractivity contribution is 6.01. The molecule has 2 aromatic rings. The van der Waals surface area contributed by atoms with Crippen LogP contribution in [0.1, 0.15) is 10.4 Å². The zero-order valence-electron chi connectivity index (χ0n) is 7.27. The first-order chi connectivity index (χ1) is 6.70. The lowest BCUT2D eigenvalue weighted by molar-refractivity contribution is 0.0998. The van der Waals surface area contributed by atoms with Crippen molar-refractivity contribution in [2.24, 2.45) is 5.73 Å². The van der Waals surface area contributed by atoms with E-state index in [0.717, 1.165) is 0 Å². The van der Waals surface area contributed by atoms with Gasteiger partial charge in [-0.05, 0) is 24.3 Å². The fourth-order valence-corrected chi connectivity index (χ4v) is 1.34. The second kappa shape index (κ2) is 2.99. The number of nitrogens with zero attached hydrogens (tertiary/aromatic N) is 1. The Morgan fingerprint density at radius 2 is 2.14 bits per heavy atom. The highest BCUT2D eigenvalue weighted by atomic mass is 16.3. The summed E-state index contributed by atoms with van der Waals surface area (Å²) < 4.78 is 0. The first kappa shape index (κ1) is 8.50. The number of rotatable bonds is 1. The molecule has 0 bridgehead atoms. The molecule has 1 aromatic heterocycles. The number of aromatic hydroxyl groups is 1. The van der Waals surface area contributed by atoms with Gasteiger partial charge in [-0.3, -0.25) is 9.78 Å². The molecule has 70 valence electrons. The van der Waals surface area contributed by atoms with Crippen molar-refractivity contribution in [3.8, 4) is 5.75 Å². The van der Waals surface area contributed by atoms with E-state index >= 15 is 0 Å². The fourth-order valence-electron chi connectivity index (χ4n) is 1.34. The largest absolute Gasteiger partial charge is 0.506 e. The van der Waals surface area contributed by atoms with Crippen LogP contribution in [-0.2, 0) is 0 Å². The Labute approximate surface area is 80.0 Å². The van der Waals surface area contributed by atoms with E-state index in [1.165, 1.54) is 6.07 Å². The van der Waals surface area contributed by atoms with E-state index in [9.17, 15) is 9.90 Å². The molecule has 1 amide bonds. The second-order valence-corrected chi connectivity index (χ2v) is 2.90. The summed E-state index contributed by atoms with van der Waals surface area (Å²) in [6, 6.07) is 6.49. The molecular weight excluding hydrogens is 180 g/mol. The number of nitrogens with two attached hydrogens (primary N) is 1. The van der Waals surface area contributed by atoms with E-state index < -0.39 is 5.91 Å². The quantitative estimate of drug-likeness (QED) is 0.701. The van der Waals surface area contributed by atoms with E-state index in [1.54, 1.807) is 24.4 Å². The molecule has 0 unspecified atom stereocenters. The number of fused-ring (bicyclic) bond motifs is 1. The average molecular weight is 188 g/mol. The minimum atomic E-state index is -0.645. The lowest BCUT2D eigenvalue weighted by Crippen LogP contribution is -2.11. The summed E-state index contributed by atoms with van der Waals surface area (Å²) in [4.78, 5) is 14.9. The SMILES string of the molecule is NC(=O)c1ccc2ncccc2c1O. The molecule has 2 rings (SSSR count). The van der Waals surface area contributed by atoms with Crippen LogP contribution in [0.3, 0.4) is 0 Å². The van der Waals surface area contributed by atoms with Crippen molar-refractivity contribution < 1.29 is 9.90 Å². The van der Waals surface area contributed by atoms with Gasteiger partial charge >= 0.3 is 0 Å². The van der Waals surface area contributed by atoms with Crippen LogP contribution >= 0.6 is 0 Å². The molecule has 0 spiro atoms. The molecule has 0 fully saturated rings. The van der Waals surface area contributed by atoms with E-state index in [4.69, 9.17) is 5.73 Å². The van der Waals surface area contributed by atoms with Crippen molar-refractivity contribution in [3.63, 3.8) is 0 Å². The lowest BCUT2D eigenvalue weighted by atomic mass is 10.1. The molecule has 3 N–H and O–H groups in total. The number of amides is 1. The minimum absolute atomic E-state index is 0.108. The van der Waals surface area contributed by atoms with Crippen LogP contribution in [-0.4, -0.2) is 16.0 Å². The Morgan fingerprint density at radius 1 is 1.36 bits per heavy atom. The van der Waals surface area contributed by atoms with Gasteiger partial charge in [-0.2, -0.15) is 0 Å². The van der Waals surface area contributed by atoms with Crippen molar-refractivity contribution >= 4 is 16.8 Å². The summed E-state index contributed by atoms with van der Waals surface area (Å²) in [5, 5.41) is 10.2. The van der Waals surface area contributed by atoms with E-state index in [0.29, 0.717) is 10.9 Å². The average Bonchev–Trinajstić information content (AvgIpc) is 2.18. The van der Waals surface area contributed by atoms with Crippen molar-refractivity contribution in [1.82, 2.24) is 4.98 Å². The van der Waals surface area contributed by atoms with E-state index in [2.05, 4.69) is 4.98 Å². The van der Waals surface area contributed by atoms with Gasteiger partial charge in [0.2, 0.25) is 0 Å². The summed E-state index contributed by atoms with van der Waals surface area (Å²) in [7, 11) is 0. The molecule has 0 atom stereocenters. The number of benzene rings is 1. The van der Waals surface area contributed by atoms with Crippen LogP contribution in [0.4, 0.5) is 0 Å². The van der Waals surface area contributed by atoms with Crippen molar-refractivity contribution in [3.05, 3.63) is 36.0 Å². The molecule has 4 heteroatoms. The standard InChI is InChI=1S/C10H8N2O2/c11-10(14)7-3-4-8-6(9(7)13)2-1-5-12-8/h1-5,13H,(H2,11,14). The Balaban J connectivity index is 2.81. The van der Waals surface area contributed by atoms with Crippen LogP contribution < -0.4 is 5.73 Å². The van der Waals surface area contributed by atoms with Crippen LogP contribution in [0.5, 0.6) is 5.75 Å². The van der Waals surface area contributed by atoms with Crippen LogP contribution in [0, 0.1) is 0 Å². The van der Waals surface area contributed by atoms with Gasteiger partial charge in [-0.15, -0.1) is 0 Å². The van der Waals surface area contributed by atoms with Gasteiger partial charge in [0.1, 0.15) is 5.75 Å². The zero-order valence-corrected chi connectivity index (χ0v) is 7.27. The molecule has 1 aromatic carbocycles. The Hall–Kier alpha value is -2.10. The molecular formula is C10H8N2O2. The number of carbonyl (C=O) groups is 1. The van der Waals surface area contributed by atoms with Gasteiger partial charge in [-0.1, -0.05) is 0 Å². The van der Waals surface area contributed by atoms with Crippen LogP contribution in [0.25, 0.3) is 10.9 Å². The number of primary amides is 1. The third-order valence-corrected chi connectivity index (χ3v) is 2.02. The zero-order chi connectivity index (χ0) is 10.1. The van der Waals surface area contributed by atoms with Gasteiger partial charge in [0.25, 0.3) is 5.91 Å². The topological polar surface area (TPSA) is 76.2 Å². The van der Waals surface area contributed by atoms with Crippen LogP contribution in [0.2, 0.25) is 0 Å². The van der Waals surface area contributed by atoms with Gasteiger partial charge in [0, 0.05) is 11.6 Å². The molecule has 0 saturated heterocycles. The number of hydrogen-bond donors (Lipinski definition) is 2. The van der Waals surface area contributed by atoms with E-state index in [-0.39, 0.29) is 11.3 Å². The first-order valence-corrected chi connectivity index (χ1v) is 4.06.